The SMILES string of the molecule is C[C@H](/C=C/CC(=O)N1Cc2ccccc2C[C@H]1CO)[C@@]1(O)C(=O)N(Cc2cccc(NC(=O)c3ccccc3)c2)c2ccc(Br)cc21. The summed E-state index contributed by atoms with van der Waals surface area (Å²) in [4.78, 5) is 43.4. The average molecular weight is 695 g/mol. The van der Waals surface area contributed by atoms with Gasteiger partial charge >= 0.3 is 0 Å². The summed E-state index contributed by atoms with van der Waals surface area (Å²) in [6.07, 6.45) is 4.09. The number of carbonyl (C=O) groups excluding carboxylic acids is 3. The van der Waals surface area contributed by atoms with Crippen molar-refractivity contribution >= 4 is 45.0 Å². The summed E-state index contributed by atoms with van der Waals surface area (Å²) in [7, 11) is 0. The zero-order chi connectivity index (χ0) is 33.1. The van der Waals surface area contributed by atoms with Gasteiger partial charge in [-0.3, -0.25) is 14.4 Å². The molecule has 8 nitrogen and oxygen atoms in total. The monoisotopic (exact) mass is 693 g/mol. The molecule has 0 bridgehead atoms. The van der Waals surface area contributed by atoms with Gasteiger partial charge in [0.25, 0.3) is 11.8 Å². The molecule has 2 aliphatic rings. The summed E-state index contributed by atoms with van der Waals surface area (Å²) >= 11 is 3.49. The number of hydrogen-bond donors (Lipinski definition) is 3. The molecule has 240 valence electrons. The number of fused-ring (bicyclic) bond motifs is 2. The molecule has 0 unspecified atom stereocenters. The number of benzene rings is 4. The van der Waals surface area contributed by atoms with Crippen LogP contribution in [0.4, 0.5) is 11.4 Å². The van der Waals surface area contributed by atoms with Crippen molar-refractivity contribution in [1.82, 2.24) is 4.90 Å². The highest BCUT2D eigenvalue weighted by Gasteiger charge is 2.52. The fourth-order valence-corrected chi connectivity index (χ4v) is 6.83. The van der Waals surface area contributed by atoms with Crippen LogP contribution in [0, 0.1) is 5.92 Å². The van der Waals surface area contributed by atoms with Gasteiger partial charge in [-0.1, -0.05) is 89.6 Å². The van der Waals surface area contributed by atoms with E-state index in [0.717, 1.165) is 21.2 Å². The van der Waals surface area contributed by atoms with Crippen LogP contribution in [-0.4, -0.2) is 45.5 Å². The van der Waals surface area contributed by atoms with Crippen LogP contribution in [0.5, 0.6) is 0 Å². The molecule has 0 saturated carbocycles. The summed E-state index contributed by atoms with van der Waals surface area (Å²) in [6, 6.07) is 29.3. The first kappa shape index (κ1) is 32.4. The van der Waals surface area contributed by atoms with Crippen molar-refractivity contribution in [3.63, 3.8) is 0 Å². The number of nitrogens with zero attached hydrogens (tertiary/aromatic N) is 2. The Morgan fingerprint density at radius 3 is 2.51 bits per heavy atom. The zero-order valence-corrected chi connectivity index (χ0v) is 27.6. The zero-order valence-electron chi connectivity index (χ0n) is 26.0. The first-order chi connectivity index (χ1) is 22.7. The van der Waals surface area contributed by atoms with E-state index >= 15 is 0 Å². The van der Waals surface area contributed by atoms with Crippen LogP contribution >= 0.6 is 15.9 Å². The van der Waals surface area contributed by atoms with E-state index in [9.17, 15) is 24.6 Å². The van der Waals surface area contributed by atoms with Crippen molar-refractivity contribution in [3.8, 4) is 0 Å². The maximum atomic E-state index is 14.1. The average Bonchev–Trinajstić information content (AvgIpc) is 3.29. The lowest BCUT2D eigenvalue weighted by Gasteiger charge is -2.36. The molecule has 0 fully saturated rings. The third-order valence-electron chi connectivity index (χ3n) is 9.06. The predicted octanol–water partition coefficient (Wildman–Crippen LogP) is 5.96. The van der Waals surface area contributed by atoms with E-state index in [1.807, 2.05) is 54.6 Å². The molecule has 47 heavy (non-hydrogen) atoms. The van der Waals surface area contributed by atoms with Gasteiger partial charge in [0.1, 0.15) is 0 Å². The third-order valence-corrected chi connectivity index (χ3v) is 9.55. The second-order valence-corrected chi connectivity index (χ2v) is 13.0. The van der Waals surface area contributed by atoms with E-state index in [1.165, 1.54) is 0 Å². The third kappa shape index (κ3) is 6.52. The number of aliphatic hydroxyl groups is 2. The van der Waals surface area contributed by atoms with Crippen molar-refractivity contribution in [2.24, 2.45) is 5.92 Å². The second-order valence-electron chi connectivity index (χ2n) is 12.1. The summed E-state index contributed by atoms with van der Waals surface area (Å²) in [6.45, 7) is 2.25. The number of anilines is 2. The molecule has 0 radical (unpaired) electrons. The van der Waals surface area contributed by atoms with Crippen LogP contribution in [0.15, 0.2) is 114 Å². The molecule has 0 aromatic heterocycles. The van der Waals surface area contributed by atoms with E-state index in [2.05, 4.69) is 21.2 Å². The lowest BCUT2D eigenvalue weighted by atomic mass is 9.83. The lowest BCUT2D eigenvalue weighted by molar-refractivity contribution is -0.139. The standard InChI is InChI=1S/C38H36BrN3O5/c1-25(9-7-16-35(44)41-23-29-14-6-5-13-28(29)20-32(41)24-43)38(47)33-21-30(39)17-18-34(33)42(37(38)46)22-26-10-8-15-31(19-26)40-36(45)27-11-3-2-4-12-27/h2-15,17-19,21,25,32,43,47H,16,20,22-24H2,1H3,(H,40,45)/b9-7+/t25-,32+,38+/m1/s1. The molecule has 0 saturated heterocycles. The minimum atomic E-state index is -1.87. The van der Waals surface area contributed by atoms with Crippen LogP contribution in [0.3, 0.4) is 0 Å². The minimum Gasteiger partial charge on any atom is -0.394 e. The van der Waals surface area contributed by atoms with Gasteiger partial charge < -0.3 is 25.3 Å². The Morgan fingerprint density at radius 1 is 1.00 bits per heavy atom. The minimum absolute atomic E-state index is 0.0732. The number of nitrogens with one attached hydrogen (secondary N) is 1. The van der Waals surface area contributed by atoms with Crippen molar-refractivity contribution in [2.45, 2.75) is 44.5 Å². The van der Waals surface area contributed by atoms with Gasteiger partial charge in [-0.15, -0.1) is 0 Å². The van der Waals surface area contributed by atoms with E-state index in [1.54, 1.807) is 71.3 Å². The number of hydrogen-bond acceptors (Lipinski definition) is 5. The van der Waals surface area contributed by atoms with Gasteiger partial charge in [0.15, 0.2) is 5.60 Å². The molecule has 3 atom stereocenters. The largest absolute Gasteiger partial charge is 0.394 e. The maximum Gasteiger partial charge on any atom is 0.264 e. The van der Waals surface area contributed by atoms with E-state index in [-0.39, 0.29) is 37.4 Å². The van der Waals surface area contributed by atoms with Crippen LogP contribution in [0.25, 0.3) is 0 Å². The Labute approximate surface area is 282 Å². The van der Waals surface area contributed by atoms with Gasteiger partial charge in [-0.25, -0.2) is 0 Å². The van der Waals surface area contributed by atoms with Crippen LogP contribution in [0.2, 0.25) is 0 Å². The number of amides is 3. The molecule has 4 aromatic carbocycles. The smallest absolute Gasteiger partial charge is 0.264 e. The normalized spacial score (nSPS) is 19.4. The molecular weight excluding hydrogens is 658 g/mol. The van der Waals surface area contributed by atoms with Gasteiger partial charge in [0, 0.05) is 40.2 Å². The topological polar surface area (TPSA) is 110 Å². The molecular formula is C38H36BrN3O5. The van der Waals surface area contributed by atoms with Gasteiger partial charge in [-0.05, 0) is 65.6 Å². The number of halogens is 1. The fourth-order valence-electron chi connectivity index (χ4n) is 6.47. The van der Waals surface area contributed by atoms with Crippen LogP contribution in [-0.2, 0) is 34.7 Å². The van der Waals surface area contributed by atoms with Crippen LogP contribution in [0.1, 0.15) is 46.0 Å². The van der Waals surface area contributed by atoms with E-state index in [0.29, 0.717) is 35.5 Å². The molecule has 3 amide bonds. The highest BCUT2D eigenvalue weighted by atomic mass is 79.9. The van der Waals surface area contributed by atoms with Crippen LogP contribution < -0.4 is 10.2 Å². The molecule has 3 N–H and O–H groups in total. The molecule has 0 aliphatic carbocycles. The second kappa shape index (κ2) is 13.7. The lowest BCUT2D eigenvalue weighted by Crippen LogP contribution is -2.46. The molecule has 2 aliphatic heterocycles. The molecule has 9 heteroatoms. The predicted molar refractivity (Wildman–Crippen MR) is 185 cm³/mol. The Hall–Kier alpha value is -4.57. The van der Waals surface area contributed by atoms with Crippen molar-refractivity contribution in [3.05, 3.63) is 142 Å². The number of rotatable bonds is 9. The number of carbonyl (C=O) groups is 3. The maximum absolute atomic E-state index is 14.1. The van der Waals surface area contributed by atoms with Gasteiger partial charge in [0.2, 0.25) is 5.91 Å². The van der Waals surface area contributed by atoms with Crippen molar-refractivity contribution in [1.29, 1.82) is 0 Å². The molecule has 4 aromatic rings. The Balaban J connectivity index is 1.18. The first-order valence-corrected chi connectivity index (χ1v) is 16.4. The highest BCUT2D eigenvalue weighted by molar-refractivity contribution is 9.10. The molecule has 0 spiro atoms. The summed E-state index contributed by atoms with van der Waals surface area (Å²) in [5.74, 6) is -1.50. The summed E-state index contributed by atoms with van der Waals surface area (Å²) in [5, 5.41) is 25.0. The van der Waals surface area contributed by atoms with E-state index < -0.39 is 17.4 Å². The van der Waals surface area contributed by atoms with Crippen molar-refractivity contribution < 1.29 is 24.6 Å². The highest BCUT2D eigenvalue weighted by Crippen LogP contribution is 2.47. The van der Waals surface area contributed by atoms with Crippen molar-refractivity contribution in [2.75, 3.05) is 16.8 Å². The van der Waals surface area contributed by atoms with Gasteiger partial charge in [-0.2, -0.15) is 0 Å². The summed E-state index contributed by atoms with van der Waals surface area (Å²) < 4.78 is 0.724. The van der Waals surface area contributed by atoms with E-state index in [4.69, 9.17) is 0 Å². The Kier molecular flexibility index (Phi) is 9.40. The number of aliphatic hydroxyl groups excluding tert-OH is 1. The Bertz CT molecular complexity index is 1840. The molecule has 6 rings (SSSR count). The fraction of sp³-hybridized carbons (Fsp3) is 0.237. The molecule has 2 heterocycles. The summed E-state index contributed by atoms with van der Waals surface area (Å²) in [5.41, 5.74) is 3.31. The van der Waals surface area contributed by atoms with Gasteiger partial charge in [0.05, 0.1) is 24.9 Å². The Morgan fingerprint density at radius 2 is 1.74 bits per heavy atom. The quantitative estimate of drug-likeness (QED) is 0.187. The first-order valence-electron chi connectivity index (χ1n) is 15.6.